The van der Waals surface area contributed by atoms with E-state index in [0.717, 1.165) is 15.3 Å². The average molecular weight is 232 g/mol. The molecule has 3 nitrogen and oxygen atoms in total. The van der Waals surface area contributed by atoms with Gasteiger partial charge in [0.15, 0.2) is 0 Å². The lowest BCUT2D eigenvalue weighted by Crippen LogP contribution is -2.12. The maximum atomic E-state index is 11.9. The van der Waals surface area contributed by atoms with Gasteiger partial charge in [0, 0.05) is 11.1 Å². The van der Waals surface area contributed by atoms with E-state index in [1.165, 1.54) is 11.3 Å². The highest BCUT2D eigenvalue weighted by Crippen LogP contribution is 2.21. The van der Waals surface area contributed by atoms with Crippen molar-refractivity contribution in [2.24, 2.45) is 0 Å². The van der Waals surface area contributed by atoms with Crippen molar-refractivity contribution in [1.82, 2.24) is 4.98 Å². The molecule has 2 aromatic rings. The summed E-state index contributed by atoms with van der Waals surface area (Å²) in [4.78, 5) is 17.9. The van der Waals surface area contributed by atoms with E-state index < -0.39 is 0 Å². The van der Waals surface area contributed by atoms with E-state index in [4.69, 9.17) is 0 Å². The third kappa shape index (κ3) is 2.28. The molecule has 1 N–H and O–H groups in total. The number of carbonyl (C=O) groups excluding carboxylic acids is 1. The van der Waals surface area contributed by atoms with Gasteiger partial charge in [0.2, 0.25) is 0 Å². The van der Waals surface area contributed by atoms with E-state index in [2.05, 4.69) is 10.3 Å². The molecule has 0 saturated carbocycles. The number of thiophene rings is 1. The largest absolute Gasteiger partial charge is 0.306 e. The van der Waals surface area contributed by atoms with Crippen molar-refractivity contribution < 1.29 is 4.79 Å². The third-order valence-electron chi connectivity index (χ3n) is 2.15. The molecule has 0 aliphatic carbocycles. The molecule has 16 heavy (non-hydrogen) atoms. The molecule has 0 spiro atoms. The molecule has 4 heteroatoms. The van der Waals surface area contributed by atoms with Crippen LogP contribution < -0.4 is 5.32 Å². The van der Waals surface area contributed by atoms with Gasteiger partial charge in [-0.05, 0) is 37.6 Å². The summed E-state index contributed by atoms with van der Waals surface area (Å²) < 4.78 is 0. The molecule has 0 radical (unpaired) electrons. The van der Waals surface area contributed by atoms with Crippen molar-refractivity contribution in [3.05, 3.63) is 45.8 Å². The fraction of sp³-hybridized carbons (Fsp3) is 0.167. The Morgan fingerprint density at radius 3 is 2.75 bits per heavy atom. The van der Waals surface area contributed by atoms with Crippen molar-refractivity contribution >= 4 is 23.1 Å². The number of hydrogen-bond acceptors (Lipinski definition) is 3. The smallest absolute Gasteiger partial charge is 0.267 e. The standard InChI is InChI=1S/C12H12N2OS/c1-8-7-9(2)16-11(8)12(15)14-10-5-3-4-6-13-10/h3-7H,1-2H3,(H,13,14,15). The molecule has 2 aromatic heterocycles. The molecule has 0 saturated heterocycles. The first-order chi connectivity index (χ1) is 7.66. The minimum absolute atomic E-state index is 0.0886. The molecule has 0 aliphatic rings. The van der Waals surface area contributed by atoms with Gasteiger partial charge in [0.25, 0.3) is 5.91 Å². The Labute approximate surface area is 98.2 Å². The second kappa shape index (κ2) is 4.45. The molecule has 0 unspecified atom stereocenters. The second-order valence-electron chi connectivity index (χ2n) is 3.54. The van der Waals surface area contributed by atoms with Gasteiger partial charge in [-0.2, -0.15) is 0 Å². The van der Waals surface area contributed by atoms with E-state index in [1.807, 2.05) is 32.0 Å². The fourth-order valence-corrected chi connectivity index (χ4v) is 2.40. The van der Waals surface area contributed by atoms with Crippen molar-refractivity contribution in [3.8, 4) is 0 Å². The number of pyridine rings is 1. The van der Waals surface area contributed by atoms with Gasteiger partial charge >= 0.3 is 0 Å². The zero-order valence-corrected chi connectivity index (χ0v) is 9.97. The number of anilines is 1. The summed E-state index contributed by atoms with van der Waals surface area (Å²) in [5.41, 5.74) is 1.01. The lowest BCUT2D eigenvalue weighted by atomic mass is 10.2. The molecule has 1 amide bonds. The lowest BCUT2D eigenvalue weighted by molar-refractivity contribution is 0.102. The van der Waals surface area contributed by atoms with Crippen molar-refractivity contribution in [2.45, 2.75) is 13.8 Å². The lowest BCUT2D eigenvalue weighted by Gasteiger charge is -2.02. The molecule has 2 rings (SSSR count). The maximum absolute atomic E-state index is 11.9. The van der Waals surface area contributed by atoms with Crippen LogP contribution in [-0.4, -0.2) is 10.9 Å². The Hall–Kier alpha value is -1.68. The second-order valence-corrected chi connectivity index (χ2v) is 4.79. The summed E-state index contributed by atoms with van der Waals surface area (Å²) >= 11 is 1.50. The molecule has 0 fully saturated rings. The Bertz CT molecular complexity index is 505. The minimum Gasteiger partial charge on any atom is -0.306 e. The number of hydrogen-bond donors (Lipinski definition) is 1. The Morgan fingerprint density at radius 1 is 1.38 bits per heavy atom. The first-order valence-electron chi connectivity index (χ1n) is 4.96. The van der Waals surface area contributed by atoms with Crippen LogP contribution >= 0.6 is 11.3 Å². The van der Waals surface area contributed by atoms with Gasteiger partial charge in [-0.15, -0.1) is 11.3 Å². The van der Waals surface area contributed by atoms with Crippen LogP contribution in [0.2, 0.25) is 0 Å². The van der Waals surface area contributed by atoms with E-state index >= 15 is 0 Å². The molecule has 2 heterocycles. The Balaban J connectivity index is 2.18. The Kier molecular flexibility index (Phi) is 3.01. The number of aryl methyl sites for hydroxylation is 2. The minimum atomic E-state index is -0.0886. The summed E-state index contributed by atoms with van der Waals surface area (Å²) in [5.74, 6) is 0.493. The highest BCUT2D eigenvalue weighted by Gasteiger charge is 2.12. The summed E-state index contributed by atoms with van der Waals surface area (Å²) in [5, 5.41) is 2.77. The number of nitrogens with one attached hydrogen (secondary N) is 1. The zero-order valence-electron chi connectivity index (χ0n) is 9.15. The van der Waals surface area contributed by atoms with Crippen LogP contribution in [0.25, 0.3) is 0 Å². The van der Waals surface area contributed by atoms with Crippen LogP contribution in [0.4, 0.5) is 5.82 Å². The van der Waals surface area contributed by atoms with Crippen molar-refractivity contribution in [1.29, 1.82) is 0 Å². The number of nitrogens with zero attached hydrogens (tertiary/aromatic N) is 1. The van der Waals surface area contributed by atoms with Crippen LogP contribution in [0.15, 0.2) is 30.5 Å². The van der Waals surface area contributed by atoms with Gasteiger partial charge in [-0.25, -0.2) is 4.98 Å². The summed E-state index contributed by atoms with van der Waals surface area (Å²) in [6, 6.07) is 7.44. The van der Waals surface area contributed by atoms with E-state index in [-0.39, 0.29) is 5.91 Å². The number of carbonyl (C=O) groups is 1. The van der Waals surface area contributed by atoms with Gasteiger partial charge in [-0.3, -0.25) is 4.79 Å². The van der Waals surface area contributed by atoms with E-state index in [9.17, 15) is 4.79 Å². The predicted molar refractivity (Wildman–Crippen MR) is 66.0 cm³/mol. The van der Waals surface area contributed by atoms with Gasteiger partial charge in [-0.1, -0.05) is 6.07 Å². The highest BCUT2D eigenvalue weighted by molar-refractivity contribution is 7.14. The van der Waals surface area contributed by atoms with E-state index in [1.54, 1.807) is 12.3 Å². The average Bonchev–Trinajstić information content (AvgIpc) is 2.59. The summed E-state index contributed by atoms with van der Waals surface area (Å²) in [7, 11) is 0. The van der Waals surface area contributed by atoms with Crippen LogP contribution in [0, 0.1) is 13.8 Å². The SMILES string of the molecule is Cc1cc(C)c(C(=O)Nc2ccccn2)s1. The van der Waals surface area contributed by atoms with Gasteiger partial charge < -0.3 is 5.32 Å². The van der Waals surface area contributed by atoms with Crippen LogP contribution in [0.5, 0.6) is 0 Å². The molecular formula is C12H12N2OS. The van der Waals surface area contributed by atoms with Gasteiger partial charge in [0.05, 0.1) is 4.88 Å². The first-order valence-corrected chi connectivity index (χ1v) is 5.78. The number of aromatic nitrogens is 1. The fourth-order valence-electron chi connectivity index (χ4n) is 1.48. The monoisotopic (exact) mass is 232 g/mol. The van der Waals surface area contributed by atoms with Gasteiger partial charge in [0.1, 0.15) is 5.82 Å². The summed E-state index contributed by atoms with van der Waals surface area (Å²) in [6.07, 6.45) is 1.65. The number of rotatable bonds is 2. The topological polar surface area (TPSA) is 42.0 Å². The van der Waals surface area contributed by atoms with Crippen molar-refractivity contribution in [3.63, 3.8) is 0 Å². The Morgan fingerprint density at radius 2 is 2.19 bits per heavy atom. The van der Waals surface area contributed by atoms with Crippen LogP contribution in [-0.2, 0) is 0 Å². The zero-order chi connectivity index (χ0) is 11.5. The molecule has 0 bridgehead atoms. The quantitative estimate of drug-likeness (QED) is 0.864. The van der Waals surface area contributed by atoms with E-state index in [0.29, 0.717) is 5.82 Å². The molecule has 0 aromatic carbocycles. The first kappa shape index (κ1) is 10.8. The molecule has 0 aliphatic heterocycles. The normalized spacial score (nSPS) is 10.1. The number of amides is 1. The third-order valence-corrected chi connectivity index (χ3v) is 3.31. The predicted octanol–water partition coefficient (Wildman–Crippen LogP) is 3.01. The molecule has 0 atom stereocenters. The molecule has 82 valence electrons. The van der Waals surface area contributed by atoms with Crippen LogP contribution in [0.3, 0.4) is 0 Å². The van der Waals surface area contributed by atoms with Crippen molar-refractivity contribution in [2.75, 3.05) is 5.32 Å². The summed E-state index contributed by atoms with van der Waals surface area (Å²) in [6.45, 7) is 3.94. The highest BCUT2D eigenvalue weighted by atomic mass is 32.1. The molecular weight excluding hydrogens is 220 g/mol. The maximum Gasteiger partial charge on any atom is 0.267 e. The van der Waals surface area contributed by atoms with Crippen LogP contribution in [0.1, 0.15) is 20.1 Å².